The molecule has 0 bridgehead atoms. The second kappa shape index (κ2) is 8.18. The Morgan fingerprint density at radius 3 is 2.90 bits per heavy atom. The van der Waals surface area contributed by atoms with Gasteiger partial charge < -0.3 is 19.8 Å². The number of hydrogen-bond donors (Lipinski definition) is 2. The molecular weight excluding hydrogens is 270 g/mol. The molecule has 0 atom stereocenters. The third-order valence-corrected chi connectivity index (χ3v) is 2.81. The predicted molar refractivity (Wildman–Crippen MR) is 78.5 cm³/mol. The highest BCUT2D eigenvalue weighted by Gasteiger charge is 2.07. The van der Waals surface area contributed by atoms with E-state index in [1.165, 1.54) is 0 Å². The van der Waals surface area contributed by atoms with Crippen molar-refractivity contribution in [1.29, 1.82) is 0 Å². The maximum atomic E-state index is 11.6. The molecule has 0 aliphatic heterocycles. The maximum Gasteiger partial charge on any atom is 0.234 e. The zero-order valence-corrected chi connectivity index (χ0v) is 12.0. The lowest BCUT2D eigenvalue weighted by Gasteiger charge is -2.04. The van der Waals surface area contributed by atoms with Gasteiger partial charge in [-0.25, -0.2) is 4.98 Å². The summed E-state index contributed by atoms with van der Waals surface area (Å²) in [7, 11) is 1.62. The molecule has 1 amide bonds. The number of aromatic nitrogens is 1. The van der Waals surface area contributed by atoms with Gasteiger partial charge in [-0.15, -0.1) is 0 Å². The minimum atomic E-state index is -0.0876. The summed E-state index contributed by atoms with van der Waals surface area (Å²) < 4.78 is 10.3. The van der Waals surface area contributed by atoms with Crippen molar-refractivity contribution in [2.24, 2.45) is 0 Å². The summed E-state index contributed by atoms with van der Waals surface area (Å²) in [6, 6.07) is 9.63. The van der Waals surface area contributed by atoms with Gasteiger partial charge in [0.2, 0.25) is 11.8 Å². The van der Waals surface area contributed by atoms with Crippen LogP contribution in [0.15, 0.2) is 41.0 Å². The van der Waals surface area contributed by atoms with E-state index in [9.17, 15) is 4.79 Å². The molecule has 0 aliphatic carbocycles. The van der Waals surface area contributed by atoms with Crippen molar-refractivity contribution < 1.29 is 13.9 Å². The Morgan fingerprint density at radius 1 is 1.33 bits per heavy atom. The molecule has 0 radical (unpaired) electrons. The lowest BCUT2D eigenvalue weighted by Crippen LogP contribution is -2.34. The number of oxazole rings is 1. The molecule has 1 heterocycles. The number of ether oxygens (including phenoxy) is 1. The standard InChI is InChI=1S/C15H19N3O3/c1-20-8-7-16-10-14(19)17-9-13-11-21-15(18-13)12-5-3-2-4-6-12/h2-6,11,16H,7-10H2,1H3,(H,17,19). The fraction of sp³-hybridized carbons (Fsp3) is 0.333. The minimum Gasteiger partial charge on any atom is -0.444 e. The molecule has 0 fully saturated rings. The monoisotopic (exact) mass is 289 g/mol. The van der Waals surface area contributed by atoms with Gasteiger partial charge in [0.25, 0.3) is 0 Å². The first-order valence-corrected chi connectivity index (χ1v) is 6.76. The molecule has 6 nitrogen and oxygen atoms in total. The number of carbonyl (C=O) groups excluding carboxylic acids is 1. The van der Waals surface area contributed by atoms with E-state index in [2.05, 4.69) is 15.6 Å². The Kier molecular flexibility index (Phi) is 5.93. The van der Waals surface area contributed by atoms with Gasteiger partial charge in [0, 0.05) is 19.2 Å². The highest BCUT2D eigenvalue weighted by atomic mass is 16.5. The van der Waals surface area contributed by atoms with Crippen molar-refractivity contribution in [3.05, 3.63) is 42.3 Å². The van der Waals surface area contributed by atoms with E-state index >= 15 is 0 Å². The summed E-state index contributed by atoms with van der Waals surface area (Å²) in [5.74, 6) is 0.466. The number of methoxy groups -OCH3 is 1. The Bertz CT molecular complexity index is 554. The minimum absolute atomic E-state index is 0.0876. The molecule has 1 aromatic carbocycles. The third kappa shape index (κ3) is 5.02. The van der Waals surface area contributed by atoms with Crippen LogP contribution in [0.3, 0.4) is 0 Å². The molecule has 2 N–H and O–H groups in total. The summed E-state index contributed by atoms with van der Waals surface area (Å²) in [5.41, 5.74) is 1.61. The smallest absolute Gasteiger partial charge is 0.234 e. The van der Waals surface area contributed by atoms with E-state index in [4.69, 9.17) is 9.15 Å². The summed E-state index contributed by atoms with van der Waals surface area (Å²) >= 11 is 0. The molecule has 0 spiro atoms. The largest absolute Gasteiger partial charge is 0.444 e. The molecule has 2 rings (SSSR count). The van der Waals surface area contributed by atoms with Crippen molar-refractivity contribution >= 4 is 5.91 Å². The van der Waals surface area contributed by atoms with Gasteiger partial charge in [-0.3, -0.25) is 4.79 Å². The van der Waals surface area contributed by atoms with E-state index in [0.717, 1.165) is 5.56 Å². The SMILES string of the molecule is COCCNCC(=O)NCc1coc(-c2ccccc2)n1. The number of amides is 1. The summed E-state index contributed by atoms with van der Waals surface area (Å²) in [4.78, 5) is 15.9. The molecule has 0 aliphatic rings. The lowest BCUT2D eigenvalue weighted by molar-refractivity contribution is -0.120. The highest BCUT2D eigenvalue weighted by molar-refractivity contribution is 5.77. The summed E-state index contributed by atoms with van der Waals surface area (Å²) in [6.45, 7) is 1.83. The number of hydrogen-bond acceptors (Lipinski definition) is 5. The normalized spacial score (nSPS) is 10.5. The topological polar surface area (TPSA) is 76.4 Å². The van der Waals surface area contributed by atoms with Crippen molar-refractivity contribution in [1.82, 2.24) is 15.6 Å². The van der Waals surface area contributed by atoms with Crippen molar-refractivity contribution in [2.75, 3.05) is 26.8 Å². The first-order chi connectivity index (χ1) is 10.3. The molecule has 21 heavy (non-hydrogen) atoms. The van der Waals surface area contributed by atoms with Crippen LogP contribution in [0.5, 0.6) is 0 Å². The molecule has 0 saturated carbocycles. The molecule has 112 valence electrons. The summed E-state index contributed by atoms with van der Waals surface area (Å²) in [5, 5.41) is 5.75. The maximum absolute atomic E-state index is 11.6. The van der Waals surface area contributed by atoms with E-state index in [1.54, 1.807) is 13.4 Å². The zero-order valence-electron chi connectivity index (χ0n) is 12.0. The Morgan fingerprint density at radius 2 is 2.14 bits per heavy atom. The van der Waals surface area contributed by atoms with E-state index in [1.807, 2.05) is 30.3 Å². The predicted octanol–water partition coefficient (Wildman–Crippen LogP) is 1.19. The van der Waals surface area contributed by atoms with Gasteiger partial charge >= 0.3 is 0 Å². The number of carbonyl (C=O) groups is 1. The Balaban J connectivity index is 1.77. The molecule has 0 unspecified atom stereocenters. The van der Waals surface area contributed by atoms with E-state index in [-0.39, 0.29) is 12.5 Å². The lowest BCUT2D eigenvalue weighted by atomic mass is 10.2. The number of nitrogens with zero attached hydrogens (tertiary/aromatic N) is 1. The van der Waals surface area contributed by atoms with E-state index < -0.39 is 0 Å². The van der Waals surface area contributed by atoms with Crippen LogP contribution in [-0.2, 0) is 16.1 Å². The molecule has 2 aromatic rings. The Labute approximate surface area is 123 Å². The third-order valence-electron chi connectivity index (χ3n) is 2.81. The molecule has 1 aromatic heterocycles. The van der Waals surface area contributed by atoms with E-state index in [0.29, 0.717) is 31.3 Å². The first kappa shape index (κ1) is 15.2. The first-order valence-electron chi connectivity index (χ1n) is 6.76. The van der Waals surface area contributed by atoms with Crippen LogP contribution in [0, 0.1) is 0 Å². The Hall–Kier alpha value is -2.18. The quantitative estimate of drug-likeness (QED) is 0.714. The van der Waals surface area contributed by atoms with Crippen LogP contribution in [-0.4, -0.2) is 37.7 Å². The number of rotatable bonds is 8. The number of benzene rings is 1. The molecule has 0 saturated heterocycles. The molecular formula is C15H19N3O3. The van der Waals surface area contributed by atoms with Crippen LogP contribution >= 0.6 is 0 Å². The van der Waals surface area contributed by atoms with Crippen LogP contribution < -0.4 is 10.6 Å². The number of nitrogens with one attached hydrogen (secondary N) is 2. The second-order valence-electron chi connectivity index (χ2n) is 4.46. The van der Waals surface area contributed by atoms with Crippen molar-refractivity contribution in [2.45, 2.75) is 6.54 Å². The van der Waals surface area contributed by atoms with Crippen molar-refractivity contribution in [3.63, 3.8) is 0 Å². The van der Waals surface area contributed by atoms with Crippen LogP contribution in [0.25, 0.3) is 11.5 Å². The van der Waals surface area contributed by atoms with Crippen molar-refractivity contribution in [3.8, 4) is 11.5 Å². The van der Waals surface area contributed by atoms with Gasteiger partial charge in [-0.05, 0) is 12.1 Å². The average Bonchev–Trinajstić information content (AvgIpc) is 2.99. The zero-order chi connectivity index (χ0) is 14.9. The van der Waals surface area contributed by atoms with Gasteiger partial charge in [-0.2, -0.15) is 0 Å². The van der Waals surface area contributed by atoms with Gasteiger partial charge in [0.1, 0.15) is 6.26 Å². The molecule has 6 heteroatoms. The second-order valence-corrected chi connectivity index (χ2v) is 4.46. The van der Waals surface area contributed by atoms with Gasteiger partial charge in [-0.1, -0.05) is 18.2 Å². The average molecular weight is 289 g/mol. The highest BCUT2D eigenvalue weighted by Crippen LogP contribution is 2.17. The van der Waals surface area contributed by atoms with Crippen LogP contribution in [0.1, 0.15) is 5.69 Å². The summed E-state index contributed by atoms with van der Waals surface area (Å²) in [6.07, 6.45) is 1.56. The fourth-order valence-corrected chi connectivity index (χ4v) is 1.73. The fourth-order valence-electron chi connectivity index (χ4n) is 1.73. The van der Waals surface area contributed by atoms with Gasteiger partial charge in [0.15, 0.2) is 0 Å². The van der Waals surface area contributed by atoms with Crippen LogP contribution in [0.2, 0.25) is 0 Å². The van der Waals surface area contributed by atoms with Gasteiger partial charge in [0.05, 0.1) is 25.4 Å². The van der Waals surface area contributed by atoms with Crippen LogP contribution in [0.4, 0.5) is 0 Å².